The van der Waals surface area contributed by atoms with Gasteiger partial charge in [-0.3, -0.25) is 0 Å². The van der Waals surface area contributed by atoms with Crippen LogP contribution in [0.5, 0.6) is 0 Å². The van der Waals surface area contributed by atoms with E-state index in [2.05, 4.69) is 10.1 Å². The molecule has 0 aromatic carbocycles. The van der Waals surface area contributed by atoms with Crippen LogP contribution in [-0.4, -0.2) is 21.9 Å². The summed E-state index contributed by atoms with van der Waals surface area (Å²) in [5.74, 6) is 2.55. The van der Waals surface area contributed by atoms with Crippen LogP contribution >= 0.6 is 11.8 Å². The van der Waals surface area contributed by atoms with Crippen LogP contribution in [0.2, 0.25) is 0 Å². The number of rotatable bonds is 8. The minimum atomic E-state index is 0.771. The summed E-state index contributed by atoms with van der Waals surface area (Å²) in [5.41, 5.74) is 5.47. The molecule has 1 aromatic heterocycles. The van der Waals surface area contributed by atoms with Gasteiger partial charge in [0.15, 0.2) is 5.82 Å². The highest BCUT2D eigenvalue weighted by Gasteiger charge is 2.15. The van der Waals surface area contributed by atoms with Crippen molar-refractivity contribution in [3.8, 4) is 0 Å². The Hall–Kier alpha value is -0.550. The smallest absolute Gasteiger partial charge is 0.226 e. The van der Waals surface area contributed by atoms with E-state index in [9.17, 15) is 0 Å². The van der Waals surface area contributed by atoms with Gasteiger partial charge in [-0.25, -0.2) is 0 Å². The van der Waals surface area contributed by atoms with E-state index in [1.807, 2.05) is 11.8 Å². The number of hydrogen-bond donors (Lipinski definition) is 1. The van der Waals surface area contributed by atoms with E-state index < -0.39 is 0 Å². The average molecular weight is 283 g/mol. The Bertz CT molecular complexity index is 350. The molecule has 0 bridgehead atoms. The Morgan fingerprint density at radius 2 is 2.00 bits per heavy atom. The van der Waals surface area contributed by atoms with Crippen LogP contribution in [-0.2, 0) is 12.2 Å². The van der Waals surface area contributed by atoms with Gasteiger partial charge < -0.3 is 10.3 Å². The summed E-state index contributed by atoms with van der Waals surface area (Å²) in [6.45, 7) is 0.771. The number of nitrogens with two attached hydrogens (primary N) is 1. The molecule has 5 heteroatoms. The predicted octanol–water partition coefficient (Wildman–Crippen LogP) is 3.31. The van der Waals surface area contributed by atoms with Crippen LogP contribution in [0.1, 0.15) is 63.1 Å². The van der Waals surface area contributed by atoms with E-state index in [0.717, 1.165) is 54.9 Å². The summed E-state index contributed by atoms with van der Waals surface area (Å²) in [6, 6.07) is 0. The summed E-state index contributed by atoms with van der Waals surface area (Å²) in [4.78, 5) is 4.46. The fourth-order valence-corrected chi connectivity index (χ4v) is 3.64. The lowest BCUT2D eigenvalue weighted by Gasteiger charge is -2.19. The van der Waals surface area contributed by atoms with E-state index in [-0.39, 0.29) is 0 Å². The third-order valence-corrected chi connectivity index (χ3v) is 4.97. The molecule has 4 nitrogen and oxygen atoms in total. The highest BCUT2D eigenvalue weighted by Crippen LogP contribution is 2.29. The standard InChI is InChI=1S/C14H25N3OS/c15-10-6-2-5-9-14-16-13(17-18-14)11-19-12-7-3-1-4-8-12/h12H,1-11,15H2. The Morgan fingerprint density at radius 3 is 2.79 bits per heavy atom. The zero-order valence-electron chi connectivity index (χ0n) is 11.6. The third kappa shape index (κ3) is 5.53. The minimum Gasteiger partial charge on any atom is -0.339 e. The van der Waals surface area contributed by atoms with Gasteiger partial charge >= 0.3 is 0 Å². The fourth-order valence-electron chi connectivity index (χ4n) is 2.47. The van der Waals surface area contributed by atoms with Crippen LogP contribution in [0.4, 0.5) is 0 Å². The van der Waals surface area contributed by atoms with Gasteiger partial charge in [-0.15, -0.1) is 0 Å². The molecular formula is C14H25N3OS. The van der Waals surface area contributed by atoms with Crippen molar-refractivity contribution in [2.24, 2.45) is 5.73 Å². The van der Waals surface area contributed by atoms with Gasteiger partial charge in [0.1, 0.15) is 0 Å². The molecular weight excluding hydrogens is 258 g/mol. The van der Waals surface area contributed by atoms with Gasteiger partial charge in [0, 0.05) is 11.7 Å². The number of hydrogen-bond acceptors (Lipinski definition) is 5. The number of thioether (sulfide) groups is 1. The molecule has 1 aromatic rings. The molecule has 1 aliphatic carbocycles. The largest absolute Gasteiger partial charge is 0.339 e. The molecule has 1 aliphatic rings. The van der Waals surface area contributed by atoms with Crippen LogP contribution in [0.15, 0.2) is 4.52 Å². The van der Waals surface area contributed by atoms with Crippen molar-refractivity contribution < 1.29 is 4.52 Å². The van der Waals surface area contributed by atoms with E-state index in [1.165, 1.54) is 32.1 Å². The van der Waals surface area contributed by atoms with Crippen LogP contribution in [0.3, 0.4) is 0 Å². The summed E-state index contributed by atoms with van der Waals surface area (Å²) in [5, 5.41) is 4.87. The number of nitrogens with zero attached hydrogens (tertiary/aromatic N) is 2. The first kappa shape index (κ1) is 14.9. The summed E-state index contributed by atoms with van der Waals surface area (Å²) >= 11 is 1.99. The molecule has 2 rings (SSSR count). The van der Waals surface area contributed by atoms with Crippen molar-refractivity contribution in [2.45, 2.75) is 68.8 Å². The van der Waals surface area contributed by atoms with Crippen molar-refractivity contribution in [3.63, 3.8) is 0 Å². The maximum absolute atomic E-state index is 5.47. The second-order valence-corrected chi connectivity index (χ2v) is 6.56. The molecule has 0 amide bonds. The monoisotopic (exact) mass is 283 g/mol. The Morgan fingerprint density at radius 1 is 1.16 bits per heavy atom. The molecule has 2 N–H and O–H groups in total. The lowest BCUT2D eigenvalue weighted by Crippen LogP contribution is -2.08. The molecule has 1 saturated carbocycles. The van der Waals surface area contributed by atoms with Gasteiger partial charge in [-0.2, -0.15) is 16.7 Å². The number of unbranched alkanes of at least 4 members (excludes halogenated alkanes) is 2. The Balaban J connectivity index is 1.65. The quantitative estimate of drug-likeness (QED) is 0.741. The molecule has 1 heterocycles. The van der Waals surface area contributed by atoms with Gasteiger partial charge in [-0.05, 0) is 32.2 Å². The van der Waals surface area contributed by atoms with Crippen molar-refractivity contribution in [1.82, 2.24) is 10.1 Å². The Kier molecular flexibility index (Phi) is 6.71. The molecule has 0 saturated heterocycles. The highest BCUT2D eigenvalue weighted by atomic mass is 32.2. The van der Waals surface area contributed by atoms with Gasteiger partial charge in [0.25, 0.3) is 0 Å². The van der Waals surface area contributed by atoms with E-state index in [0.29, 0.717) is 0 Å². The van der Waals surface area contributed by atoms with Crippen molar-refractivity contribution in [2.75, 3.05) is 6.54 Å². The van der Waals surface area contributed by atoms with E-state index in [1.54, 1.807) is 0 Å². The molecule has 0 spiro atoms. The molecule has 0 unspecified atom stereocenters. The molecule has 19 heavy (non-hydrogen) atoms. The third-order valence-electron chi connectivity index (χ3n) is 3.61. The molecule has 0 radical (unpaired) electrons. The second-order valence-electron chi connectivity index (χ2n) is 5.27. The van der Waals surface area contributed by atoms with Crippen molar-refractivity contribution >= 4 is 11.8 Å². The van der Waals surface area contributed by atoms with E-state index >= 15 is 0 Å². The Labute approximate surface area is 119 Å². The minimum absolute atomic E-state index is 0.771. The van der Waals surface area contributed by atoms with Gasteiger partial charge in [-0.1, -0.05) is 30.8 Å². The van der Waals surface area contributed by atoms with Crippen molar-refractivity contribution in [3.05, 3.63) is 11.7 Å². The second kappa shape index (κ2) is 8.59. The number of aromatic nitrogens is 2. The lowest BCUT2D eigenvalue weighted by molar-refractivity contribution is 0.370. The van der Waals surface area contributed by atoms with Gasteiger partial charge in [0.2, 0.25) is 5.89 Å². The molecule has 1 fully saturated rings. The van der Waals surface area contributed by atoms with Crippen LogP contribution in [0.25, 0.3) is 0 Å². The summed E-state index contributed by atoms with van der Waals surface area (Å²) < 4.78 is 5.28. The average Bonchev–Trinajstić information content (AvgIpc) is 2.91. The summed E-state index contributed by atoms with van der Waals surface area (Å²) in [6.07, 6.45) is 11.1. The molecule has 0 aliphatic heterocycles. The maximum atomic E-state index is 5.47. The fraction of sp³-hybridized carbons (Fsp3) is 0.857. The first-order chi connectivity index (χ1) is 9.38. The predicted molar refractivity (Wildman–Crippen MR) is 79.1 cm³/mol. The van der Waals surface area contributed by atoms with Crippen LogP contribution < -0.4 is 5.73 Å². The normalized spacial score (nSPS) is 16.9. The molecule has 0 atom stereocenters. The van der Waals surface area contributed by atoms with Crippen molar-refractivity contribution in [1.29, 1.82) is 0 Å². The zero-order valence-corrected chi connectivity index (χ0v) is 12.5. The SMILES string of the molecule is NCCCCCc1nc(CSC2CCCCC2)no1. The first-order valence-corrected chi connectivity index (χ1v) is 8.56. The maximum Gasteiger partial charge on any atom is 0.226 e. The summed E-state index contributed by atoms with van der Waals surface area (Å²) in [7, 11) is 0. The van der Waals surface area contributed by atoms with E-state index in [4.69, 9.17) is 10.3 Å². The zero-order chi connectivity index (χ0) is 13.3. The topological polar surface area (TPSA) is 64.9 Å². The molecule has 108 valence electrons. The first-order valence-electron chi connectivity index (χ1n) is 7.51. The highest BCUT2D eigenvalue weighted by molar-refractivity contribution is 7.99. The van der Waals surface area contributed by atoms with Crippen LogP contribution in [0, 0.1) is 0 Å². The van der Waals surface area contributed by atoms with Gasteiger partial charge in [0.05, 0.1) is 5.75 Å². The lowest BCUT2D eigenvalue weighted by atomic mass is 10.0. The number of aryl methyl sites for hydroxylation is 1.